The number of nitrogens with zero attached hydrogens (tertiary/aromatic N) is 2. The molecule has 2 atom stereocenters. The second-order valence-electron chi connectivity index (χ2n) is 13.4. The summed E-state index contributed by atoms with van der Waals surface area (Å²) in [6, 6.07) is 13.4. The Kier molecular flexibility index (Phi) is 12.7. The molecule has 3 N–H and O–H groups in total. The highest BCUT2D eigenvalue weighted by molar-refractivity contribution is 8.03. The molecule has 2 aromatic carbocycles. The SMILES string of the molecule is CCN1/C(=C/C=C2\CCCC(/C=C/C3=[N+](CC)c4ccccc4C3(C)C)=C2SCCC(=O)O)C(C)(C)c2cc(P(=O)([O-])O)ccc21.O=[P+]([O-])O. The number of allylic oxidation sites excluding steroid dienone is 7. The van der Waals surface area contributed by atoms with Gasteiger partial charge in [-0.25, -0.2) is 0 Å². The molecule has 50 heavy (non-hydrogen) atoms. The fourth-order valence-corrected chi connectivity index (χ4v) is 8.91. The Bertz CT molecular complexity index is 1870. The normalized spacial score (nSPS) is 20.9. The van der Waals surface area contributed by atoms with Gasteiger partial charge in [-0.15, -0.1) is 11.8 Å². The number of likely N-dealkylation sites (N-methyl/N-ethyl adjacent to an activating group) is 1. The van der Waals surface area contributed by atoms with Crippen molar-refractivity contribution in [1.82, 2.24) is 0 Å². The number of anilines is 1. The molecule has 0 saturated carbocycles. The highest BCUT2D eigenvalue weighted by Crippen LogP contribution is 2.49. The van der Waals surface area contributed by atoms with Gasteiger partial charge in [-0.1, -0.05) is 44.2 Å². The average molecular weight is 741 g/mol. The number of rotatable bonds is 10. The van der Waals surface area contributed by atoms with E-state index in [4.69, 9.17) is 14.4 Å². The molecule has 2 heterocycles. The van der Waals surface area contributed by atoms with Crippen molar-refractivity contribution in [2.45, 2.75) is 78.1 Å². The van der Waals surface area contributed by atoms with Gasteiger partial charge >= 0.3 is 14.2 Å². The number of thioether (sulfide) groups is 1. The van der Waals surface area contributed by atoms with E-state index in [9.17, 15) is 24.3 Å². The Morgan fingerprint density at radius 1 is 1.06 bits per heavy atom. The van der Waals surface area contributed by atoms with Gasteiger partial charge in [-0.05, 0) is 92.5 Å². The van der Waals surface area contributed by atoms with E-state index in [0.717, 1.165) is 47.7 Å². The number of hydrogen-bond donors (Lipinski definition) is 3. The zero-order valence-corrected chi connectivity index (χ0v) is 32.0. The molecule has 1 aliphatic carbocycles. The maximum atomic E-state index is 12.0. The molecule has 13 heteroatoms. The van der Waals surface area contributed by atoms with E-state index >= 15 is 0 Å². The third kappa shape index (κ3) is 8.48. The quantitative estimate of drug-likeness (QED) is 0.192. The van der Waals surface area contributed by atoms with E-state index in [0.29, 0.717) is 12.3 Å². The summed E-state index contributed by atoms with van der Waals surface area (Å²) in [5.41, 5.74) is 8.45. The minimum Gasteiger partial charge on any atom is -0.775 e. The van der Waals surface area contributed by atoms with Crippen molar-refractivity contribution in [2.75, 3.05) is 23.7 Å². The summed E-state index contributed by atoms with van der Waals surface area (Å²) >= 11 is 1.62. The lowest BCUT2D eigenvalue weighted by Crippen LogP contribution is -2.27. The van der Waals surface area contributed by atoms with E-state index < -0.39 is 27.2 Å². The zero-order valence-electron chi connectivity index (χ0n) is 29.4. The van der Waals surface area contributed by atoms with Gasteiger partial charge in [-0.3, -0.25) is 4.79 Å². The molecule has 0 radical (unpaired) electrons. The molecule has 0 bridgehead atoms. The first-order valence-corrected chi connectivity index (χ1v) is 20.4. The van der Waals surface area contributed by atoms with Crippen LogP contribution in [0.15, 0.2) is 88.5 Å². The number of hydrogen-bond acceptors (Lipinski definition) is 7. The van der Waals surface area contributed by atoms with Crippen LogP contribution in [0.4, 0.5) is 11.4 Å². The summed E-state index contributed by atoms with van der Waals surface area (Å²) in [5.74, 6) is -0.316. The van der Waals surface area contributed by atoms with Gasteiger partial charge in [0.25, 0.3) is 0 Å². The molecule has 2 aromatic rings. The molecule has 268 valence electrons. The van der Waals surface area contributed by atoms with Crippen LogP contribution in [0, 0.1) is 0 Å². The smallest absolute Gasteiger partial charge is 0.485 e. The van der Waals surface area contributed by atoms with Gasteiger partial charge in [0.15, 0.2) is 13.3 Å². The Morgan fingerprint density at radius 3 is 2.36 bits per heavy atom. The summed E-state index contributed by atoms with van der Waals surface area (Å²) in [5, 5.41) is 9.33. The summed E-state index contributed by atoms with van der Waals surface area (Å²) in [4.78, 5) is 52.1. The molecule has 2 unspecified atom stereocenters. The Hall–Kier alpha value is -3.14. The third-order valence-electron chi connectivity index (χ3n) is 9.56. The standard InChI is InChI=1S/C37H45N2O5PS.HO3P/c1-7-38-30-15-10-9-14-28(30)36(3,4)32(38)20-16-25-12-11-13-26(35(25)46-23-22-34(40)41)17-21-33-37(5,6)29-24-27(45(42,43)44)18-19-31(29)39(33)8-2;1-4(2)3/h9-10,14-21,24H,7-8,11-13,22-23H2,1-6H3,(H2-,40,41,42,43,44);(H,1,2,3). The minimum absolute atomic E-state index is 0.0770. The lowest BCUT2D eigenvalue weighted by Gasteiger charge is -2.26. The molecular weight excluding hydrogens is 694 g/mol. The van der Waals surface area contributed by atoms with Gasteiger partial charge in [0.2, 0.25) is 5.69 Å². The predicted octanol–water partition coefficient (Wildman–Crippen LogP) is 6.08. The van der Waals surface area contributed by atoms with Crippen molar-refractivity contribution in [3.63, 3.8) is 0 Å². The first kappa shape index (κ1) is 39.6. The van der Waals surface area contributed by atoms with Gasteiger partial charge in [-0.2, -0.15) is 9.47 Å². The maximum absolute atomic E-state index is 12.0. The van der Waals surface area contributed by atoms with Gasteiger partial charge in [0.05, 0.1) is 11.8 Å². The van der Waals surface area contributed by atoms with E-state index in [-0.39, 0.29) is 17.1 Å². The van der Waals surface area contributed by atoms with Crippen LogP contribution in [0.2, 0.25) is 0 Å². The average Bonchev–Trinajstić information content (AvgIpc) is 3.40. The number of para-hydroxylation sites is 1. The molecule has 2 aliphatic heterocycles. The number of carboxylic acid groups (broad SMARTS) is 1. The molecule has 3 aliphatic rings. The minimum atomic E-state index is -4.63. The number of carbonyl (C=O) groups is 1. The van der Waals surface area contributed by atoms with Gasteiger partial charge in [0.1, 0.15) is 6.54 Å². The number of fused-ring (bicyclic) bond motifs is 2. The van der Waals surface area contributed by atoms with Crippen LogP contribution in [-0.2, 0) is 24.8 Å². The highest BCUT2D eigenvalue weighted by Gasteiger charge is 2.43. The Balaban J connectivity index is 0.00000133. The Morgan fingerprint density at radius 2 is 1.74 bits per heavy atom. The van der Waals surface area contributed by atoms with Crippen LogP contribution >= 0.6 is 27.6 Å². The van der Waals surface area contributed by atoms with Crippen molar-refractivity contribution in [2.24, 2.45) is 0 Å². The van der Waals surface area contributed by atoms with Crippen molar-refractivity contribution < 1.29 is 43.2 Å². The summed E-state index contributed by atoms with van der Waals surface area (Å²) < 4.78 is 22.9. The maximum Gasteiger partial charge on any atom is 0.485 e. The lowest BCUT2D eigenvalue weighted by molar-refractivity contribution is -0.433. The second kappa shape index (κ2) is 16.0. The predicted molar refractivity (Wildman–Crippen MR) is 198 cm³/mol. The van der Waals surface area contributed by atoms with E-state index in [1.807, 2.05) is 0 Å². The highest BCUT2D eigenvalue weighted by atomic mass is 32.2. The fourth-order valence-electron chi connectivity index (χ4n) is 7.17. The Labute approximate surface area is 299 Å². The topological polar surface area (TPSA) is 164 Å². The summed E-state index contributed by atoms with van der Waals surface area (Å²) in [7, 11) is -7.75. The number of carboxylic acids is 1. The largest absolute Gasteiger partial charge is 0.775 e. The molecule has 0 aromatic heterocycles. The molecule has 0 spiro atoms. The van der Waals surface area contributed by atoms with Crippen LogP contribution in [-0.4, -0.2) is 50.0 Å². The van der Waals surface area contributed by atoms with E-state index in [2.05, 4.69) is 99.6 Å². The van der Waals surface area contributed by atoms with Crippen LogP contribution in [0.5, 0.6) is 0 Å². The molecule has 0 saturated heterocycles. The summed E-state index contributed by atoms with van der Waals surface area (Å²) in [6.07, 6.45) is 11.7. The molecule has 0 fully saturated rings. The molecule has 0 amide bonds. The van der Waals surface area contributed by atoms with Crippen molar-refractivity contribution in [1.29, 1.82) is 0 Å². The second-order valence-corrected chi connectivity index (χ2v) is 16.5. The van der Waals surface area contributed by atoms with Gasteiger partial charge < -0.3 is 29.3 Å². The third-order valence-corrected chi connectivity index (χ3v) is 11.7. The van der Waals surface area contributed by atoms with E-state index in [1.54, 1.807) is 23.9 Å². The van der Waals surface area contributed by atoms with Crippen LogP contribution in [0.1, 0.15) is 78.4 Å². The number of benzene rings is 2. The zero-order chi connectivity index (χ0) is 37.0. The van der Waals surface area contributed by atoms with E-state index in [1.165, 1.54) is 34.2 Å². The van der Waals surface area contributed by atoms with Crippen molar-refractivity contribution in [3.8, 4) is 0 Å². The van der Waals surface area contributed by atoms with Crippen molar-refractivity contribution in [3.05, 3.63) is 99.6 Å². The van der Waals surface area contributed by atoms with Crippen molar-refractivity contribution >= 4 is 56.0 Å². The molecule has 10 nitrogen and oxygen atoms in total. The first-order valence-electron chi connectivity index (χ1n) is 16.7. The van der Waals surface area contributed by atoms with Crippen LogP contribution < -0.4 is 20.0 Å². The molecule has 5 rings (SSSR count). The molecular formula is C37H46N2O8P2S. The first-order chi connectivity index (χ1) is 23.4. The van der Waals surface area contributed by atoms with Crippen LogP contribution in [0.25, 0.3) is 0 Å². The van der Waals surface area contributed by atoms with Gasteiger partial charge in [0, 0.05) is 57.0 Å². The van der Waals surface area contributed by atoms with Crippen LogP contribution in [0.3, 0.4) is 0 Å². The lowest BCUT2D eigenvalue weighted by atomic mass is 9.81. The summed E-state index contributed by atoms with van der Waals surface area (Å²) in [6.45, 7) is 14.5. The number of aliphatic carboxylic acids is 1. The fraction of sp³-hybridized carbons (Fsp3) is 0.405. The monoisotopic (exact) mass is 740 g/mol.